The lowest BCUT2D eigenvalue weighted by molar-refractivity contribution is -0.123. The van der Waals surface area contributed by atoms with Crippen molar-refractivity contribution in [3.05, 3.63) is 46.9 Å². The molecule has 2 aromatic rings. The Kier molecular flexibility index (Phi) is 6.28. The second kappa shape index (κ2) is 8.85. The van der Waals surface area contributed by atoms with Crippen molar-refractivity contribution in [1.29, 1.82) is 0 Å². The summed E-state index contributed by atoms with van der Waals surface area (Å²) in [6.45, 7) is 4.22. The summed E-state index contributed by atoms with van der Waals surface area (Å²) in [5.74, 6) is 1.94. The summed E-state index contributed by atoms with van der Waals surface area (Å²) in [6.07, 6.45) is 3.66. The van der Waals surface area contributed by atoms with E-state index in [4.69, 9.17) is 16.3 Å². The molecule has 1 aliphatic rings. The first-order chi connectivity index (χ1) is 12.6. The van der Waals surface area contributed by atoms with Crippen LogP contribution in [0.5, 0.6) is 5.75 Å². The van der Waals surface area contributed by atoms with Crippen LogP contribution in [0.2, 0.25) is 5.02 Å². The summed E-state index contributed by atoms with van der Waals surface area (Å²) in [5, 5.41) is 3.43. The van der Waals surface area contributed by atoms with Gasteiger partial charge in [0.15, 0.2) is 6.61 Å². The zero-order valence-corrected chi connectivity index (χ0v) is 15.6. The van der Waals surface area contributed by atoms with E-state index >= 15 is 0 Å². The minimum absolute atomic E-state index is 0.0631. The first-order valence-corrected chi connectivity index (χ1v) is 9.22. The third-order valence-corrected chi connectivity index (χ3v) is 4.45. The molecule has 26 heavy (non-hydrogen) atoms. The molecule has 0 aliphatic carbocycles. The van der Waals surface area contributed by atoms with E-state index in [1.807, 2.05) is 13.0 Å². The van der Waals surface area contributed by atoms with E-state index in [1.165, 1.54) is 19.3 Å². The van der Waals surface area contributed by atoms with Gasteiger partial charge in [-0.25, -0.2) is 9.97 Å². The van der Waals surface area contributed by atoms with Gasteiger partial charge >= 0.3 is 0 Å². The molecule has 3 rings (SSSR count). The quantitative estimate of drug-likeness (QED) is 0.841. The van der Waals surface area contributed by atoms with Gasteiger partial charge in [0.25, 0.3) is 5.91 Å². The second-order valence-corrected chi connectivity index (χ2v) is 6.79. The normalized spacial score (nSPS) is 14.2. The Labute approximate surface area is 158 Å². The van der Waals surface area contributed by atoms with E-state index in [9.17, 15) is 4.79 Å². The van der Waals surface area contributed by atoms with Crippen molar-refractivity contribution in [1.82, 2.24) is 15.3 Å². The van der Waals surface area contributed by atoms with E-state index in [-0.39, 0.29) is 19.1 Å². The van der Waals surface area contributed by atoms with Gasteiger partial charge in [-0.05, 0) is 50.5 Å². The average molecular weight is 375 g/mol. The largest absolute Gasteiger partial charge is 0.484 e. The van der Waals surface area contributed by atoms with Gasteiger partial charge in [-0.2, -0.15) is 0 Å². The van der Waals surface area contributed by atoms with Crippen LogP contribution in [0, 0.1) is 6.92 Å². The Morgan fingerprint density at radius 2 is 1.92 bits per heavy atom. The lowest BCUT2D eigenvalue weighted by Crippen LogP contribution is -2.32. The summed E-state index contributed by atoms with van der Waals surface area (Å²) in [4.78, 5) is 23.3. The molecule has 7 heteroatoms. The zero-order chi connectivity index (χ0) is 18.4. The maximum absolute atomic E-state index is 12.0. The summed E-state index contributed by atoms with van der Waals surface area (Å²) in [7, 11) is 0. The monoisotopic (exact) mass is 374 g/mol. The van der Waals surface area contributed by atoms with Crippen LogP contribution in [-0.2, 0) is 11.3 Å². The minimum Gasteiger partial charge on any atom is -0.484 e. The number of benzene rings is 1. The smallest absolute Gasteiger partial charge is 0.258 e. The van der Waals surface area contributed by atoms with Gasteiger partial charge in [0.2, 0.25) is 0 Å². The molecule has 138 valence electrons. The van der Waals surface area contributed by atoms with Gasteiger partial charge in [0.05, 0.1) is 6.54 Å². The van der Waals surface area contributed by atoms with Crippen molar-refractivity contribution in [2.45, 2.75) is 32.7 Å². The number of nitrogens with zero attached hydrogens (tertiary/aromatic N) is 3. The highest BCUT2D eigenvalue weighted by Crippen LogP contribution is 2.18. The van der Waals surface area contributed by atoms with Crippen LogP contribution in [0.1, 0.15) is 30.8 Å². The fourth-order valence-corrected chi connectivity index (χ4v) is 3.01. The number of hydrogen-bond acceptors (Lipinski definition) is 5. The van der Waals surface area contributed by atoms with Crippen LogP contribution >= 0.6 is 11.6 Å². The van der Waals surface area contributed by atoms with Crippen molar-refractivity contribution < 1.29 is 9.53 Å². The van der Waals surface area contributed by atoms with Crippen LogP contribution < -0.4 is 15.0 Å². The average Bonchev–Trinajstić information content (AvgIpc) is 2.66. The molecule has 1 aliphatic heterocycles. The summed E-state index contributed by atoms with van der Waals surface area (Å²) in [6, 6.07) is 8.89. The number of carbonyl (C=O) groups is 1. The molecule has 1 aromatic carbocycles. The lowest BCUT2D eigenvalue weighted by Gasteiger charge is -2.28. The number of halogens is 1. The molecule has 0 bridgehead atoms. The number of aryl methyl sites for hydroxylation is 1. The molecule has 0 saturated carbocycles. The molecule has 0 spiro atoms. The number of rotatable bonds is 6. The highest BCUT2D eigenvalue weighted by Gasteiger charge is 2.14. The van der Waals surface area contributed by atoms with Crippen LogP contribution in [0.3, 0.4) is 0 Å². The van der Waals surface area contributed by atoms with Crippen molar-refractivity contribution in [2.75, 3.05) is 24.6 Å². The zero-order valence-electron chi connectivity index (χ0n) is 14.9. The maximum atomic E-state index is 12.0. The van der Waals surface area contributed by atoms with Crippen molar-refractivity contribution >= 4 is 23.3 Å². The highest BCUT2D eigenvalue weighted by molar-refractivity contribution is 6.30. The number of aromatic nitrogens is 2. The number of carbonyl (C=O) groups excluding carboxylic acids is 1. The Morgan fingerprint density at radius 3 is 2.65 bits per heavy atom. The Bertz CT molecular complexity index is 746. The third-order valence-electron chi connectivity index (χ3n) is 4.19. The molecule has 0 radical (unpaired) electrons. The number of hydrogen-bond donors (Lipinski definition) is 1. The highest BCUT2D eigenvalue weighted by atomic mass is 35.5. The van der Waals surface area contributed by atoms with Gasteiger partial charge in [0, 0.05) is 29.9 Å². The number of ether oxygens (including phenoxy) is 1. The number of piperidine rings is 1. The topological polar surface area (TPSA) is 67.4 Å². The molecule has 6 nitrogen and oxygen atoms in total. The first kappa shape index (κ1) is 18.5. The SMILES string of the molecule is Cc1cc(N2CCCCC2)nc(CNC(=O)COc2ccc(Cl)cc2)n1. The third kappa shape index (κ3) is 5.33. The fraction of sp³-hybridized carbons (Fsp3) is 0.421. The standard InChI is InChI=1S/C19H23ClN4O2/c1-14-11-18(24-9-3-2-4-10-24)23-17(22-14)12-21-19(25)13-26-16-7-5-15(20)6-8-16/h5-8,11H,2-4,9-10,12-13H2,1H3,(H,21,25). The van der Waals surface area contributed by atoms with Gasteiger partial charge in [-0.3, -0.25) is 4.79 Å². The molecular formula is C19H23ClN4O2. The predicted octanol–water partition coefficient (Wildman–Crippen LogP) is 3.12. The van der Waals surface area contributed by atoms with Crippen LogP contribution in [-0.4, -0.2) is 35.6 Å². The van der Waals surface area contributed by atoms with Gasteiger partial charge in [0.1, 0.15) is 17.4 Å². The molecular weight excluding hydrogens is 352 g/mol. The van der Waals surface area contributed by atoms with E-state index in [2.05, 4.69) is 20.2 Å². The van der Waals surface area contributed by atoms with Crippen LogP contribution in [0.25, 0.3) is 0 Å². The molecule has 1 N–H and O–H groups in total. The molecule has 1 saturated heterocycles. The first-order valence-electron chi connectivity index (χ1n) is 8.85. The summed E-state index contributed by atoms with van der Waals surface area (Å²) >= 11 is 5.82. The van der Waals surface area contributed by atoms with E-state index in [1.54, 1.807) is 24.3 Å². The van der Waals surface area contributed by atoms with Crippen LogP contribution in [0.15, 0.2) is 30.3 Å². The van der Waals surface area contributed by atoms with Crippen molar-refractivity contribution in [3.8, 4) is 5.75 Å². The molecule has 2 heterocycles. The molecule has 0 atom stereocenters. The Hall–Kier alpha value is -2.34. The van der Waals surface area contributed by atoms with Crippen molar-refractivity contribution in [3.63, 3.8) is 0 Å². The summed E-state index contributed by atoms with van der Waals surface area (Å²) in [5.41, 5.74) is 0.905. The molecule has 1 fully saturated rings. The van der Waals surface area contributed by atoms with Gasteiger partial charge in [-0.15, -0.1) is 0 Å². The van der Waals surface area contributed by atoms with E-state index < -0.39 is 0 Å². The number of amides is 1. The molecule has 1 aromatic heterocycles. The van der Waals surface area contributed by atoms with E-state index in [0.29, 0.717) is 16.6 Å². The summed E-state index contributed by atoms with van der Waals surface area (Å²) < 4.78 is 5.43. The molecule has 1 amide bonds. The minimum atomic E-state index is -0.218. The van der Waals surface area contributed by atoms with Gasteiger partial charge < -0.3 is 15.0 Å². The fourth-order valence-electron chi connectivity index (χ4n) is 2.88. The van der Waals surface area contributed by atoms with E-state index in [0.717, 1.165) is 24.6 Å². The molecule has 0 unspecified atom stereocenters. The number of nitrogens with one attached hydrogen (secondary N) is 1. The van der Waals surface area contributed by atoms with Gasteiger partial charge in [-0.1, -0.05) is 11.6 Å². The van der Waals surface area contributed by atoms with Crippen molar-refractivity contribution in [2.24, 2.45) is 0 Å². The Balaban J connectivity index is 1.52. The van der Waals surface area contributed by atoms with Crippen LogP contribution in [0.4, 0.5) is 5.82 Å². The second-order valence-electron chi connectivity index (χ2n) is 6.35. The lowest BCUT2D eigenvalue weighted by atomic mass is 10.1. The Morgan fingerprint density at radius 1 is 1.19 bits per heavy atom. The number of anilines is 1. The predicted molar refractivity (Wildman–Crippen MR) is 102 cm³/mol. The maximum Gasteiger partial charge on any atom is 0.258 e.